The molecule has 1 nitrogen and oxygen atoms in total. The normalized spacial score (nSPS) is 13.0. The molecule has 0 saturated carbocycles. The van der Waals surface area contributed by atoms with Gasteiger partial charge in [0.2, 0.25) is 0 Å². The Labute approximate surface area is 103 Å². The Hall–Kier alpha value is -0.300. The fourth-order valence-corrected chi connectivity index (χ4v) is 2.08. The van der Waals surface area contributed by atoms with E-state index in [1.807, 2.05) is 6.08 Å². The van der Waals surface area contributed by atoms with E-state index in [-0.39, 0.29) is 0 Å². The molecule has 1 heteroatoms. The van der Waals surface area contributed by atoms with Crippen molar-refractivity contribution >= 4 is 0 Å². The molecule has 0 aliphatic rings. The molecule has 0 heterocycles. The van der Waals surface area contributed by atoms with Gasteiger partial charge in [0.15, 0.2) is 0 Å². The van der Waals surface area contributed by atoms with Crippen molar-refractivity contribution < 1.29 is 0 Å². The lowest BCUT2D eigenvalue weighted by Crippen LogP contribution is -2.31. The number of allylic oxidation sites excluding steroid dienone is 1. The molecule has 0 rings (SSSR count). The Balaban J connectivity index is 3.60. The molecule has 0 fully saturated rings. The Bertz CT molecular complexity index is 152. The summed E-state index contributed by atoms with van der Waals surface area (Å²) in [5.41, 5.74) is 0. The molecule has 1 N–H and O–H groups in total. The van der Waals surface area contributed by atoms with Gasteiger partial charge in [-0.05, 0) is 44.6 Å². The third-order valence-corrected chi connectivity index (χ3v) is 2.90. The van der Waals surface area contributed by atoms with Crippen LogP contribution in [0.15, 0.2) is 12.7 Å². The molecular weight excluding hydrogens is 194 g/mol. The van der Waals surface area contributed by atoms with Crippen molar-refractivity contribution in [3.05, 3.63) is 12.7 Å². The van der Waals surface area contributed by atoms with Crippen LogP contribution in [0.2, 0.25) is 0 Å². The van der Waals surface area contributed by atoms with Crippen LogP contribution in [0.4, 0.5) is 0 Å². The van der Waals surface area contributed by atoms with Crippen molar-refractivity contribution in [2.75, 3.05) is 6.54 Å². The number of nitrogens with one attached hydrogen (secondary N) is 1. The van der Waals surface area contributed by atoms with E-state index < -0.39 is 0 Å². The maximum absolute atomic E-state index is 3.76. The minimum Gasteiger partial charge on any atom is -0.314 e. The molecule has 1 unspecified atom stereocenters. The first-order valence-corrected chi connectivity index (χ1v) is 7.05. The highest BCUT2D eigenvalue weighted by Gasteiger charge is 2.09. The first-order valence-electron chi connectivity index (χ1n) is 7.05. The molecule has 0 aromatic carbocycles. The average Bonchev–Trinajstić information content (AvgIpc) is 2.24. The van der Waals surface area contributed by atoms with Crippen molar-refractivity contribution in [3.63, 3.8) is 0 Å². The van der Waals surface area contributed by atoms with E-state index in [4.69, 9.17) is 0 Å². The topological polar surface area (TPSA) is 12.0 Å². The quantitative estimate of drug-likeness (QED) is 0.402. The van der Waals surface area contributed by atoms with Crippen molar-refractivity contribution in [2.24, 2.45) is 5.92 Å². The van der Waals surface area contributed by atoms with Crippen LogP contribution in [0.1, 0.15) is 65.7 Å². The van der Waals surface area contributed by atoms with E-state index in [0.717, 1.165) is 12.0 Å². The van der Waals surface area contributed by atoms with Gasteiger partial charge in [-0.2, -0.15) is 0 Å². The Kier molecular flexibility index (Phi) is 11.0. The zero-order valence-electron chi connectivity index (χ0n) is 11.6. The van der Waals surface area contributed by atoms with E-state index in [1.165, 1.54) is 51.5 Å². The molecule has 0 radical (unpaired) electrons. The summed E-state index contributed by atoms with van der Waals surface area (Å²) < 4.78 is 0. The van der Waals surface area contributed by atoms with Crippen molar-refractivity contribution in [3.8, 4) is 0 Å². The minimum atomic E-state index is 0.740. The summed E-state index contributed by atoms with van der Waals surface area (Å²) in [6.07, 6.45) is 11.1. The van der Waals surface area contributed by atoms with E-state index in [2.05, 4.69) is 32.7 Å². The summed E-state index contributed by atoms with van der Waals surface area (Å²) in [5, 5.41) is 3.67. The van der Waals surface area contributed by atoms with Gasteiger partial charge in [-0.1, -0.05) is 39.7 Å². The van der Waals surface area contributed by atoms with Crippen molar-refractivity contribution in [1.29, 1.82) is 0 Å². The SMILES string of the molecule is C=CCCCCCC(CC(C)C)NCCC. The maximum atomic E-state index is 3.76. The van der Waals surface area contributed by atoms with Crippen LogP contribution >= 0.6 is 0 Å². The lowest BCUT2D eigenvalue weighted by Gasteiger charge is -2.20. The maximum Gasteiger partial charge on any atom is 0.00694 e. The number of hydrogen-bond donors (Lipinski definition) is 1. The third-order valence-electron chi connectivity index (χ3n) is 2.90. The second kappa shape index (κ2) is 11.2. The monoisotopic (exact) mass is 225 g/mol. The summed E-state index contributed by atoms with van der Waals surface area (Å²) in [4.78, 5) is 0. The molecule has 0 aromatic rings. The largest absolute Gasteiger partial charge is 0.314 e. The molecular formula is C15H31N. The van der Waals surface area contributed by atoms with Gasteiger partial charge in [0.25, 0.3) is 0 Å². The molecule has 0 aromatic heterocycles. The number of hydrogen-bond acceptors (Lipinski definition) is 1. The molecule has 0 aliphatic carbocycles. The number of rotatable bonds is 11. The zero-order chi connectivity index (χ0) is 12.2. The summed E-state index contributed by atoms with van der Waals surface area (Å²) in [6.45, 7) is 11.8. The van der Waals surface area contributed by atoms with E-state index in [9.17, 15) is 0 Å². The summed E-state index contributed by atoms with van der Waals surface area (Å²) in [6, 6.07) is 0.740. The highest BCUT2D eigenvalue weighted by molar-refractivity contribution is 4.70. The second-order valence-electron chi connectivity index (χ2n) is 5.21. The molecule has 0 bridgehead atoms. The van der Waals surface area contributed by atoms with Crippen LogP contribution in [0.5, 0.6) is 0 Å². The van der Waals surface area contributed by atoms with E-state index in [0.29, 0.717) is 0 Å². The van der Waals surface area contributed by atoms with Gasteiger partial charge in [-0.3, -0.25) is 0 Å². The first kappa shape index (κ1) is 15.7. The van der Waals surface area contributed by atoms with Gasteiger partial charge in [-0.25, -0.2) is 0 Å². The predicted octanol–water partition coefficient (Wildman–Crippen LogP) is 4.54. The van der Waals surface area contributed by atoms with Gasteiger partial charge in [0.05, 0.1) is 0 Å². The van der Waals surface area contributed by atoms with Crippen molar-refractivity contribution in [1.82, 2.24) is 5.32 Å². The van der Waals surface area contributed by atoms with Crippen LogP contribution in [-0.2, 0) is 0 Å². The zero-order valence-corrected chi connectivity index (χ0v) is 11.6. The fraction of sp³-hybridized carbons (Fsp3) is 0.867. The standard InChI is InChI=1S/C15H31N/c1-5-7-8-9-10-11-15(13-14(3)4)16-12-6-2/h5,14-16H,1,6-13H2,2-4H3. The molecule has 96 valence electrons. The van der Waals surface area contributed by atoms with Gasteiger partial charge in [-0.15, -0.1) is 6.58 Å². The summed E-state index contributed by atoms with van der Waals surface area (Å²) in [5.74, 6) is 0.808. The molecule has 1 atom stereocenters. The molecule has 0 amide bonds. The lowest BCUT2D eigenvalue weighted by molar-refractivity contribution is 0.386. The Morgan fingerprint density at radius 2 is 1.94 bits per heavy atom. The third kappa shape index (κ3) is 10.2. The Morgan fingerprint density at radius 3 is 2.50 bits per heavy atom. The van der Waals surface area contributed by atoms with Crippen LogP contribution < -0.4 is 5.32 Å². The molecule has 0 saturated heterocycles. The van der Waals surface area contributed by atoms with E-state index in [1.54, 1.807) is 0 Å². The first-order chi connectivity index (χ1) is 7.70. The summed E-state index contributed by atoms with van der Waals surface area (Å²) in [7, 11) is 0. The smallest absolute Gasteiger partial charge is 0.00694 e. The molecule has 0 spiro atoms. The van der Waals surface area contributed by atoms with Crippen LogP contribution in [0.25, 0.3) is 0 Å². The Morgan fingerprint density at radius 1 is 1.19 bits per heavy atom. The van der Waals surface area contributed by atoms with Crippen LogP contribution in [0.3, 0.4) is 0 Å². The minimum absolute atomic E-state index is 0.740. The fourth-order valence-electron chi connectivity index (χ4n) is 2.08. The van der Waals surface area contributed by atoms with Gasteiger partial charge in [0, 0.05) is 6.04 Å². The number of unbranched alkanes of at least 4 members (excludes halogenated alkanes) is 3. The van der Waals surface area contributed by atoms with Gasteiger partial charge in [0.1, 0.15) is 0 Å². The average molecular weight is 225 g/mol. The highest BCUT2D eigenvalue weighted by Crippen LogP contribution is 2.12. The lowest BCUT2D eigenvalue weighted by atomic mass is 9.98. The summed E-state index contributed by atoms with van der Waals surface area (Å²) >= 11 is 0. The van der Waals surface area contributed by atoms with Crippen LogP contribution in [-0.4, -0.2) is 12.6 Å². The highest BCUT2D eigenvalue weighted by atomic mass is 14.9. The predicted molar refractivity (Wildman–Crippen MR) is 74.8 cm³/mol. The van der Waals surface area contributed by atoms with Crippen LogP contribution in [0, 0.1) is 5.92 Å². The van der Waals surface area contributed by atoms with E-state index >= 15 is 0 Å². The van der Waals surface area contributed by atoms with Gasteiger partial charge < -0.3 is 5.32 Å². The van der Waals surface area contributed by atoms with Crippen molar-refractivity contribution in [2.45, 2.75) is 71.8 Å². The molecule has 16 heavy (non-hydrogen) atoms. The second-order valence-corrected chi connectivity index (χ2v) is 5.21. The van der Waals surface area contributed by atoms with Gasteiger partial charge >= 0.3 is 0 Å². The molecule has 0 aliphatic heterocycles.